The molecular weight excluding hydrogens is 218 g/mol. The Balaban J connectivity index is 4.13. The molecule has 0 aromatic heterocycles. The zero-order chi connectivity index (χ0) is 13.3. The lowest BCUT2D eigenvalue weighted by molar-refractivity contribution is -0.122. The van der Waals surface area contributed by atoms with Gasteiger partial charge in [0.25, 0.3) is 0 Å². The lowest BCUT2D eigenvalue weighted by Crippen LogP contribution is -2.50. The van der Waals surface area contributed by atoms with Gasteiger partial charge in [-0.15, -0.1) is 0 Å². The highest BCUT2D eigenvalue weighted by Gasteiger charge is 2.20. The van der Waals surface area contributed by atoms with Crippen molar-refractivity contribution in [3.8, 4) is 0 Å². The maximum absolute atomic E-state index is 11.6. The molecule has 0 saturated carbocycles. The van der Waals surface area contributed by atoms with Crippen LogP contribution >= 0.6 is 0 Å². The maximum Gasteiger partial charge on any atom is 0.315 e. The van der Waals surface area contributed by atoms with Crippen LogP contribution in [0.25, 0.3) is 0 Å². The van der Waals surface area contributed by atoms with Crippen molar-refractivity contribution in [1.82, 2.24) is 16.0 Å². The first-order chi connectivity index (χ1) is 8.01. The van der Waals surface area contributed by atoms with Crippen molar-refractivity contribution in [2.75, 3.05) is 13.6 Å². The average molecular weight is 243 g/mol. The summed E-state index contributed by atoms with van der Waals surface area (Å²) in [4.78, 5) is 23.1. The SMILES string of the molecule is CCCCNC(=O)N[C@@H](CC(C)C)C(=O)NC. The predicted octanol–water partition coefficient (Wildman–Crippen LogP) is 1.25. The summed E-state index contributed by atoms with van der Waals surface area (Å²) in [5.74, 6) is 0.206. The van der Waals surface area contributed by atoms with E-state index in [0.717, 1.165) is 12.8 Å². The highest BCUT2D eigenvalue weighted by Crippen LogP contribution is 2.04. The van der Waals surface area contributed by atoms with Crippen molar-refractivity contribution < 1.29 is 9.59 Å². The molecule has 0 unspecified atom stereocenters. The molecule has 17 heavy (non-hydrogen) atoms. The van der Waals surface area contributed by atoms with E-state index in [9.17, 15) is 9.59 Å². The van der Waals surface area contributed by atoms with Crippen LogP contribution in [0.2, 0.25) is 0 Å². The monoisotopic (exact) mass is 243 g/mol. The maximum atomic E-state index is 11.6. The molecule has 100 valence electrons. The predicted molar refractivity (Wildman–Crippen MR) is 68.8 cm³/mol. The van der Waals surface area contributed by atoms with Crippen molar-refractivity contribution in [2.24, 2.45) is 5.92 Å². The van der Waals surface area contributed by atoms with E-state index in [1.807, 2.05) is 13.8 Å². The van der Waals surface area contributed by atoms with E-state index in [2.05, 4.69) is 22.9 Å². The number of amides is 3. The molecule has 1 atom stereocenters. The normalized spacial score (nSPS) is 12.1. The Morgan fingerprint density at radius 1 is 1.24 bits per heavy atom. The van der Waals surface area contributed by atoms with Crippen LogP contribution in [0.1, 0.15) is 40.0 Å². The lowest BCUT2D eigenvalue weighted by Gasteiger charge is -2.19. The number of hydrogen-bond donors (Lipinski definition) is 3. The Labute approximate surface area is 104 Å². The van der Waals surface area contributed by atoms with Crippen LogP contribution in [0, 0.1) is 5.92 Å². The summed E-state index contributed by atoms with van der Waals surface area (Å²) in [6.07, 6.45) is 2.62. The van der Waals surface area contributed by atoms with Gasteiger partial charge in [0.1, 0.15) is 6.04 Å². The highest BCUT2D eigenvalue weighted by molar-refractivity contribution is 5.86. The minimum Gasteiger partial charge on any atom is -0.357 e. The second-order valence-electron chi connectivity index (χ2n) is 4.55. The van der Waals surface area contributed by atoms with E-state index in [-0.39, 0.29) is 11.9 Å². The summed E-state index contributed by atoms with van der Waals surface area (Å²) in [5, 5.41) is 7.99. The third-order valence-electron chi connectivity index (χ3n) is 2.39. The zero-order valence-corrected chi connectivity index (χ0v) is 11.3. The fourth-order valence-electron chi connectivity index (χ4n) is 1.47. The van der Waals surface area contributed by atoms with Crippen LogP contribution in [-0.4, -0.2) is 31.6 Å². The Morgan fingerprint density at radius 2 is 1.88 bits per heavy atom. The molecule has 0 aliphatic rings. The van der Waals surface area contributed by atoms with Gasteiger partial charge in [0, 0.05) is 13.6 Å². The molecule has 0 aliphatic heterocycles. The molecule has 0 spiro atoms. The molecule has 0 aromatic carbocycles. The van der Waals surface area contributed by atoms with Crippen LogP contribution in [0.5, 0.6) is 0 Å². The summed E-state index contributed by atoms with van der Waals surface area (Å²) in [5.41, 5.74) is 0. The molecule has 0 rings (SSSR count). The summed E-state index contributed by atoms with van der Waals surface area (Å²) in [6, 6.07) is -0.727. The van der Waals surface area contributed by atoms with Crippen molar-refractivity contribution in [3.63, 3.8) is 0 Å². The number of carbonyl (C=O) groups is 2. The number of hydrogen-bond acceptors (Lipinski definition) is 2. The van der Waals surface area contributed by atoms with Gasteiger partial charge in [0.15, 0.2) is 0 Å². The van der Waals surface area contributed by atoms with E-state index >= 15 is 0 Å². The number of unbranched alkanes of at least 4 members (excludes halogenated alkanes) is 1. The van der Waals surface area contributed by atoms with Crippen LogP contribution in [0.15, 0.2) is 0 Å². The van der Waals surface area contributed by atoms with E-state index in [0.29, 0.717) is 18.9 Å². The topological polar surface area (TPSA) is 70.2 Å². The fraction of sp³-hybridized carbons (Fsp3) is 0.833. The van der Waals surface area contributed by atoms with Gasteiger partial charge in [-0.25, -0.2) is 4.79 Å². The van der Waals surface area contributed by atoms with Crippen molar-refractivity contribution in [2.45, 2.75) is 46.1 Å². The third-order valence-corrected chi connectivity index (χ3v) is 2.39. The van der Waals surface area contributed by atoms with E-state index < -0.39 is 6.04 Å². The van der Waals surface area contributed by atoms with Gasteiger partial charge in [-0.2, -0.15) is 0 Å². The minimum absolute atomic E-state index is 0.149. The second kappa shape index (κ2) is 8.84. The molecule has 0 bridgehead atoms. The smallest absolute Gasteiger partial charge is 0.315 e. The van der Waals surface area contributed by atoms with E-state index in [1.165, 1.54) is 0 Å². The van der Waals surface area contributed by atoms with Gasteiger partial charge in [-0.3, -0.25) is 4.79 Å². The highest BCUT2D eigenvalue weighted by atomic mass is 16.2. The van der Waals surface area contributed by atoms with Gasteiger partial charge in [0.05, 0.1) is 0 Å². The molecule has 5 nitrogen and oxygen atoms in total. The molecule has 0 aliphatic carbocycles. The van der Waals surface area contributed by atoms with Crippen LogP contribution in [0.3, 0.4) is 0 Å². The number of nitrogens with one attached hydrogen (secondary N) is 3. The minimum atomic E-state index is -0.457. The Morgan fingerprint density at radius 3 is 2.35 bits per heavy atom. The number of carbonyl (C=O) groups excluding carboxylic acids is 2. The Hall–Kier alpha value is -1.26. The van der Waals surface area contributed by atoms with Gasteiger partial charge in [-0.05, 0) is 18.8 Å². The van der Waals surface area contributed by atoms with Gasteiger partial charge in [-0.1, -0.05) is 27.2 Å². The summed E-state index contributed by atoms with van der Waals surface area (Å²) < 4.78 is 0. The number of urea groups is 1. The largest absolute Gasteiger partial charge is 0.357 e. The zero-order valence-electron chi connectivity index (χ0n) is 11.3. The van der Waals surface area contributed by atoms with Gasteiger partial charge < -0.3 is 16.0 Å². The van der Waals surface area contributed by atoms with Crippen LogP contribution in [0.4, 0.5) is 4.79 Å². The Kier molecular flexibility index (Phi) is 8.19. The fourth-order valence-corrected chi connectivity index (χ4v) is 1.47. The third kappa shape index (κ3) is 7.60. The first-order valence-electron chi connectivity index (χ1n) is 6.27. The summed E-state index contributed by atoms with van der Waals surface area (Å²) >= 11 is 0. The number of rotatable bonds is 7. The number of likely N-dealkylation sites (N-methyl/N-ethyl adjacent to an activating group) is 1. The summed E-state index contributed by atoms with van der Waals surface area (Å²) in [6.45, 7) is 6.75. The van der Waals surface area contributed by atoms with Crippen LogP contribution < -0.4 is 16.0 Å². The molecular formula is C12H25N3O2. The quantitative estimate of drug-likeness (QED) is 0.589. The van der Waals surface area contributed by atoms with Gasteiger partial charge in [0.2, 0.25) is 5.91 Å². The van der Waals surface area contributed by atoms with Crippen molar-refractivity contribution >= 4 is 11.9 Å². The standard InChI is InChI=1S/C12H25N3O2/c1-5-6-7-14-12(17)15-10(8-9(2)3)11(16)13-4/h9-10H,5-8H2,1-4H3,(H,13,16)(H2,14,15,17)/t10-/m0/s1. The van der Waals surface area contributed by atoms with E-state index in [4.69, 9.17) is 0 Å². The van der Waals surface area contributed by atoms with Crippen molar-refractivity contribution in [1.29, 1.82) is 0 Å². The molecule has 0 saturated heterocycles. The molecule has 5 heteroatoms. The molecule has 0 heterocycles. The van der Waals surface area contributed by atoms with Crippen LogP contribution in [-0.2, 0) is 4.79 Å². The van der Waals surface area contributed by atoms with Crippen molar-refractivity contribution in [3.05, 3.63) is 0 Å². The lowest BCUT2D eigenvalue weighted by atomic mass is 10.0. The Bertz CT molecular complexity index is 242. The first kappa shape index (κ1) is 15.7. The van der Waals surface area contributed by atoms with Gasteiger partial charge >= 0.3 is 6.03 Å². The molecule has 0 aromatic rings. The summed E-state index contributed by atoms with van der Waals surface area (Å²) in [7, 11) is 1.58. The first-order valence-corrected chi connectivity index (χ1v) is 6.27. The van der Waals surface area contributed by atoms with E-state index in [1.54, 1.807) is 7.05 Å². The molecule has 0 fully saturated rings. The molecule has 3 amide bonds. The molecule has 0 radical (unpaired) electrons. The molecule has 3 N–H and O–H groups in total. The second-order valence-corrected chi connectivity index (χ2v) is 4.55. The average Bonchev–Trinajstić information content (AvgIpc) is 2.27.